The number of rotatable bonds is 2. The number of methoxy groups -OCH3 is 1. The third-order valence-corrected chi connectivity index (χ3v) is 3.34. The minimum Gasteiger partial charge on any atom is -0.464 e. The molecular weight excluding hydrogens is 218 g/mol. The summed E-state index contributed by atoms with van der Waals surface area (Å²) in [5.74, 6) is 1.70. The Labute approximate surface area is 101 Å². The zero-order valence-corrected chi connectivity index (χ0v) is 10.4. The average Bonchev–Trinajstić information content (AvgIpc) is 2.69. The molecule has 1 fully saturated rings. The first kappa shape index (κ1) is 11.8. The highest BCUT2D eigenvalue weighted by Crippen LogP contribution is 2.25. The molecule has 1 aromatic rings. The van der Waals surface area contributed by atoms with E-state index in [0.29, 0.717) is 11.8 Å². The van der Waals surface area contributed by atoms with Gasteiger partial charge in [-0.1, -0.05) is 13.8 Å². The van der Waals surface area contributed by atoms with E-state index in [1.165, 1.54) is 13.3 Å². The van der Waals surface area contributed by atoms with Crippen LogP contribution in [-0.4, -0.2) is 36.1 Å². The van der Waals surface area contributed by atoms with E-state index in [9.17, 15) is 4.79 Å². The Morgan fingerprint density at radius 2 is 1.94 bits per heavy atom. The second-order valence-electron chi connectivity index (χ2n) is 4.61. The molecule has 92 valence electrons. The lowest BCUT2D eigenvalue weighted by Crippen LogP contribution is -2.21. The second kappa shape index (κ2) is 4.69. The maximum atomic E-state index is 11.2. The van der Waals surface area contributed by atoms with Crippen LogP contribution < -0.4 is 4.90 Å². The van der Waals surface area contributed by atoms with Crippen molar-refractivity contribution in [1.29, 1.82) is 0 Å². The molecule has 0 N–H and O–H groups in total. The quantitative estimate of drug-likeness (QED) is 0.724. The molecule has 2 rings (SSSR count). The van der Waals surface area contributed by atoms with Gasteiger partial charge >= 0.3 is 5.97 Å². The fourth-order valence-corrected chi connectivity index (χ4v) is 2.01. The van der Waals surface area contributed by atoms with E-state index < -0.39 is 5.97 Å². The monoisotopic (exact) mass is 235 g/mol. The standard InChI is InChI=1S/C12H17N3O2/c1-8-6-15(7-9(8)2)11-5-13-10(4-14-11)12(16)17-3/h4-5,8-9H,6-7H2,1-3H3. The summed E-state index contributed by atoms with van der Waals surface area (Å²) >= 11 is 0. The summed E-state index contributed by atoms with van der Waals surface area (Å²) in [7, 11) is 1.34. The van der Waals surface area contributed by atoms with Crippen molar-refractivity contribution in [2.45, 2.75) is 13.8 Å². The Morgan fingerprint density at radius 1 is 1.29 bits per heavy atom. The van der Waals surface area contributed by atoms with Crippen molar-refractivity contribution in [3.05, 3.63) is 18.1 Å². The molecule has 1 aromatic heterocycles. The van der Waals surface area contributed by atoms with E-state index in [4.69, 9.17) is 0 Å². The average molecular weight is 235 g/mol. The third kappa shape index (κ3) is 2.38. The van der Waals surface area contributed by atoms with E-state index in [-0.39, 0.29) is 5.69 Å². The van der Waals surface area contributed by atoms with Gasteiger partial charge in [0.05, 0.1) is 19.5 Å². The largest absolute Gasteiger partial charge is 0.464 e. The summed E-state index contributed by atoms with van der Waals surface area (Å²) in [5, 5.41) is 0. The van der Waals surface area contributed by atoms with Crippen molar-refractivity contribution in [3.8, 4) is 0 Å². The number of esters is 1. The van der Waals surface area contributed by atoms with Crippen LogP contribution in [0.5, 0.6) is 0 Å². The molecule has 0 saturated carbocycles. The number of hydrogen-bond acceptors (Lipinski definition) is 5. The maximum Gasteiger partial charge on any atom is 0.358 e. The van der Waals surface area contributed by atoms with Crippen LogP contribution in [-0.2, 0) is 4.74 Å². The molecule has 1 aliphatic rings. The summed E-state index contributed by atoms with van der Waals surface area (Å²) < 4.78 is 4.58. The number of carbonyl (C=O) groups excluding carboxylic acids is 1. The Hall–Kier alpha value is -1.65. The van der Waals surface area contributed by atoms with Gasteiger partial charge in [-0.15, -0.1) is 0 Å². The molecule has 2 atom stereocenters. The number of carbonyl (C=O) groups is 1. The van der Waals surface area contributed by atoms with Gasteiger partial charge in [0.25, 0.3) is 0 Å². The summed E-state index contributed by atoms with van der Waals surface area (Å²) in [6.07, 6.45) is 3.10. The highest BCUT2D eigenvalue weighted by Gasteiger charge is 2.27. The molecule has 0 aliphatic carbocycles. The molecule has 5 nitrogen and oxygen atoms in total. The predicted molar refractivity (Wildman–Crippen MR) is 63.9 cm³/mol. The van der Waals surface area contributed by atoms with Gasteiger partial charge in [-0.2, -0.15) is 0 Å². The van der Waals surface area contributed by atoms with Crippen LogP contribution in [0.3, 0.4) is 0 Å². The van der Waals surface area contributed by atoms with Crippen molar-refractivity contribution < 1.29 is 9.53 Å². The Kier molecular flexibility index (Phi) is 3.26. The minimum absolute atomic E-state index is 0.247. The van der Waals surface area contributed by atoms with Crippen molar-refractivity contribution in [2.24, 2.45) is 11.8 Å². The molecule has 1 aliphatic heterocycles. The topological polar surface area (TPSA) is 55.3 Å². The smallest absolute Gasteiger partial charge is 0.358 e. The van der Waals surface area contributed by atoms with Crippen LogP contribution in [0.15, 0.2) is 12.4 Å². The van der Waals surface area contributed by atoms with E-state index in [1.807, 2.05) is 0 Å². The van der Waals surface area contributed by atoms with Crippen LogP contribution in [0.1, 0.15) is 24.3 Å². The van der Waals surface area contributed by atoms with E-state index in [2.05, 4.69) is 33.5 Å². The van der Waals surface area contributed by atoms with E-state index >= 15 is 0 Å². The van der Waals surface area contributed by atoms with E-state index in [1.54, 1.807) is 6.20 Å². The van der Waals surface area contributed by atoms with Gasteiger partial charge in [-0.05, 0) is 11.8 Å². The van der Waals surface area contributed by atoms with Gasteiger partial charge in [-0.25, -0.2) is 14.8 Å². The fourth-order valence-electron chi connectivity index (χ4n) is 2.01. The summed E-state index contributed by atoms with van der Waals surface area (Å²) in [5.41, 5.74) is 0.247. The minimum atomic E-state index is -0.452. The lowest BCUT2D eigenvalue weighted by atomic mass is 10.0. The van der Waals surface area contributed by atoms with Crippen LogP contribution >= 0.6 is 0 Å². The molecule has 0 radical (unpaired) electrons. The number of aromatic nitrogens is 2. The van der Waals surface area contributed by atoms with Gasteiger partial charge < -0.3 is 9.64 Å². The molecule has 5 heteroatoms. The molecule has 2 heterocycles. The van der Waals surface area contributed by atoms with Gasteiger partial charge in [0, 0.05) is 13.1 Å². The molecule has 0 amide bonds. The number of hydrogen-bond donors (Lipinski definition) is 0. The zero-order chi connectivity index (χ0) is 12.4. The fraction of sp³-hybridized carbons (Fsp3) is 0.583. The summed E-state index contributed by atoms with van der Waals surface area (Å²) in [4.78, 5) is 21.7. The second-order valence-corrected chi connectivity index (χ2v) is 4.61. The third-order valence-electron chi connectivity index (χ3n) is 3.34. The predicted octanol–water partition coefficient (Wildman–Crippen LogP) is 1.36. The van der Waals surface area contributed by atoms with Gasteiger partial charge in [0.15, 0.2) is 5.69 Å². The Balaban J connectivity index is 2.11. The van der Waals surface area contributed by atoms with Gasteiger partial charge in [0.1, 0.15) is 5.82 Å². The molecular formula is C12H17N3O2. The SMILES string of the molecule is COC(=O)c1cnc(N2CC(C)C(C)C2)cn1. The lowest BCUT2D eigenvalue weighted by molar-refractivity contribution is 0.0593. The molecule has 1 saturated heterocycles. The van der Waals surface area contributed by atoms with Gasteiger partial charge in [-0.3, -0.25) is 0 Å². The number of ether oxygens (including phenoxy) is 1. The maximum absolute atomic E-state index is 11.2. The molecule has 0 spiro atoms. The first-order valence-electron chi connectivity index (χ1n) is 5.77. The molecule has 0 bridgehead atoms. The molecule has 2 unspecified atom stereocenters. The van der Waals surface area contributed by atoms with Crippen molar-refractivity contribution in [2.75, 3.05) is 25.1 Å². The molecule has 17 heavy (non-hydrogen) atoms. The van der Waals surface area contributed by atoms with Crippen molar-refractivity contribution >= 4 is 11.8 Å². The lowest BCUT2D eigenvalue weighted by Gasteiger charge is -2.16. The Bertz CT molecular complexity index is 395. The van der Waals surface area contributed by atoms with E-state index in [0.717, 1.165) is 18.9 Å². The Morgan fingerprint density at radius 3 is 2.41 bits per heavy atom. The number of nitrogens with zero attached hydrogens (tertiary/aromatic N) is 3. The zero-order valence-electron chi connectivity index (χ0n) is 10.4. The van der Waals surface area contributed by atoms with Crippen LogP contribution in [0, 0.1) is 11.8 Å². The molecule has 0 aromatic carbocycles. The first-order chi connectivity index (χ1) is 8.11. The first-order valence-corrected chi connectivity index (χ1v) is 5.77. The van der Waals surface area contributed by atoms with Crippen molar-refractivity contribution in [1.82, 2.24) is 9.97 Å². The highest BCUT2D eigenvalue weighted by atomic mass is 16.5. The summed E-state index contributed by atoms with van der Waals surface area (Å²) in [6.45, 7) is 6.46. The van der Waals surface area contributed by atoms with Crippen LogP contribution in [0.2, 0.25) is 0 Å². The van der Waals surface area contributed by atoms with Crippen LogP contribution in [0.4, 0.5) is 5.82 Å². The van der Waals surface area contributed by atoms with Gasteiger partial charge in [0.2, 0.25) is 0 Å². The summed E-state index contributed by atoms with van der Waals surface area (Å²) in [6, 6.07) is 0. The highest BCUT2D eigenvalue weighted by molar-refractivity contribution is 5.86. The number of anilines is 1. The normalized spacial score (nSPS) is 23.8. The van der Waals surface area contributed by atoms with Crippen LogP contribution in [0.25, 0.3) is 0 Å². The van der Waals surface area contributed by atoms with Crippen molar-refractivity contribution in [3.63, 3.8) is 0 Å².